The zero-order valence-electron chi connectivity index (χ0n) is 17.8. The number of carbonyl (C=O) groups is 2. The Labute approximate surface area is 199 Å². The average Bonchev–Trinajstić information content (AvgIpc) is 3.19. The van der Waals surface area contributed by atoms with Crippen molar-refractivity contribution in [2.24, 2.45) is 0 Å². The van der Waals surface area contributed by atoms with Gasteiger partial charge in [0, 0.05) is 37.1 Å². The molecule has 4 aromatic rings. The summed E-state index contributed by atoms with van der Waals surface area (Å²) in [6, 6.07) is 12.4. The average molecular weight is 503 g/mol. The predicted molar refractivity (Wildman–Crippen MR) is 123 cm³/mol. The molecule has 0 unspecified atom stereocenters. The van der Waals surface area contributed by atoms with Crippen molar-refractivity contribution in [2.45, 2.75) is 6.36 Å². The van der Waals surface area contributed by atoms with Crippen LogP contribution in [0.25, 0.3) is 10.2 Å². The molecule has 0 atom stereocenters. The van der Waals surface area contributed by atoms with Crippen molar-refractivity contribution in [1.29, 1.82) is 0 Å². The molecule has 2 heterocycles. The van der Waals surface area contributed by atoms with Crippen molar-refractivity contribution in [2.75, 3.05) is 17.7 Å². The van der Waals surface area contributed by atoms with E-state index in [1.165, 1.54) is 42.8 Å². The number of hydrogen-bond acceptors (Lipinski definition) is 7. The fourth-order valence-electron chi connectivity index (χ4n) is 2.92. The SMILES string of the molecule is CNC(=O)c1cc(Oc2ccc3nc(NC(=O)Nc4cccc(OC(F)(F)F)c4)sc3c2)ccn1. The van der Waals surface area contributed by atoms with E-state index in [1.807, 2.05) is 0 Å². The Bertz CT molecular complexity index is 1390. The molecule has 2 aromatic heterocycles. The number of carbonyl (C=O) groups excluding carboxylic acids is 2. The summed E-state index contributed by atoms with van der Waals surface area (Å²) in [5, 5.41) is 7.73. The van der Waals surface area contributed by atoms with Crippen LogP contribution in [0.3, 0.4) is 0 Å². The Morgan fingerprint density at radius 1 is 0.971 bits per heavy atom. The standard InChI is InChI=1S/C22H16F3N5O4S/c1-26-19(31)17-10-14(7-8-27-17)33-13-5-6-16-18(11-13)35-21(29-16)30-20(32)28-12-3-2-4-15(9-12)34-22(23,24)25/h2-11H,1H3,(H,26,31)(H2,28,29,30,32). The molecule has 0 saturated carbocycles. The van der Waals surface area contributed by atoms with E-state index < -0.39 is 18.1 Å². The summed E-state index contributed by atoms with van der Waals surface area (Å²) in [6.45, 7) is 0. The number of aromatic nitrogens is 2. The highest BCUT2D eigenvalue weighted by Crippen LogP contribution is 2.31. The molecular formula is C22H16F3N5O4S. The monoisotopic (exact) mass is 503 g/mol. The van der Waals surface area contributed by atoms with E-state index in [4.69, 9.17) is 4.74 Å². The molecule has 3 amide bonds. The fraction of sp³-hybridized carbons (Fsp3) is 0.0909. The lowest BCUT2D eigenvalue weighted by Gasteiger charge is -2.10. The first-order valence-electron chi connectivity index (χ1n) is 9.89. The highest BCUT2D eigenvalue weighted by Gasteiger charge is 2.31. The number of fused-ring (bicyclic) bond motifs is 1. The minimum Gasteiger partial charge on any atom is -0.457 e. The van der Waals surface area contributed by atoms with Crippen LogP contribution in [0.15, 0.2) is 60.8 Å². The second kappa shape index (κ2) is 9.85. The maximum Gasteiger partial charge on any atom is 0.573 e. The third-order valence-corrected chi connectivity index (χ3v) is 5.27. The van der Waals surface area contributed by atoms with Crippen LogP contribution < -0.4 is 25.4 Å². The summed E-state index contributed by atoms with van der Waals surface area (Å²) in [6.07, 6.45) is -3.38. The van der Waals surface area contributed by atoms with Crippen LogP contribution in [-0.2, 0) is 0 Å². The lowest BCUT2D eigenvalue weighted by atomic mass is 10.3. The Balaban J connectivity index is 1.43. The van der Waals surface area contributed by atoms with E-state index >= 15 is 0 Å². The summed E-state index contributed by atoms with van der Waals surface area (Å²) in [5.74, 6) is 0.0889. The van der Waals surface area contributed by atoms with Gasteiger partial charge in [0.05, 0.1) is 10.2 Å². The highest BCUT2D eigenvalue weighted by molar-refractivity contribution is 7.22. The number of ether oxygens (including phenoxy) is 2. The molecule has 180 valence electrons. The van der Waals surface area contributed by atoms with Gasteiger partial charge in [-0.15, -0.1) is 13.2 Å². The molecule has 0 aliphatic heterocycles. The second-order valence-electron chi connectivity index (χ2n) is 6.86. The minimum absolute atomic E-state index is 0.106. The Morgan fingerprint density at radius 3 is 2.54 bits per heavy atom. The maximum atomic E-state index is 12.4. The van der Waals surface area contributed by atoms with Gasteiger partial charge in [-0.25, -0.2) is 9.78 Å². The number of amides is 3. The zero-order chi connectivity index (χ0) is 25.0. The molecule has 0 aliphatic carbocycles. The van der Waals surface area contributed by atoms with E-state index in [0.29, 0.717) is 21.7 Å². The van der Waals surface area contributed by atoms with Gasteiger partial charge in [0.2, 0.25) is 0 Å². The van der Waals surface area contributed by atoms with Gasteiger partial charge in [-0.2, -0.15) is 0 Å². The topological polar surface area (TPSA) is 114 Å². The minimum atomic E-state index is -4.84. The second-order valence-corrected chi connectivity index (χ2v) is 7.89. The smallest absolute Gasteiger partial charge is 0.457 e. The Kier molecular flexibility index (Phi) is 6.68. The van der Waals surface area contributed by atoms with Gasteiger partial charge >= 0.3 is 12.4 Å². The number of alkyl halides is 3. The summed E-state index contributed by atoms with van der Waals surface area (Å²) in [5.41, 5.74) is 0.908. The lowest BCUT2D eigenvalue weighted by molar-refractivity contribution is -0.274. The molecule has 0 spiro atoms. The number of pyridine rings is 1. The van der Waals surface area contributed by atoms with Crippen molar-refractivity contribution >= 4 is 44.3 Å². The van der Waals surface area contributed by atoms with Crippen molar-refractivity contribution in [3.05, 3.63) is 66.5 Å². The Morgan fingerprint density at radius 2 is 1.77 bits per heavy atom. The Hall–Kier alpha value is -4.39. The number of anilines is 2. The van der Waals surface area contributed by atoms with E-state index in [2.05, 4.69) is 30.7 Å². The number of nitrogens with one attached hydrogen (secondary N) is 3. The molecule has 9 nitrogen and oxygen atoms in total. The molecular weight excluding hydrogens is 487 g/mol. The van der Waals surface area contributed by atoms with Crippen molar-refractivity contribution in [3.8, 4) is 17.2 Å². The fourth-order valence-corrected chi connectivity index (χ4v) is 3.80. The largest absolute Gasteiger partial charge is 0.573 e. The zero-order valence-corrected chi connectivity index (χ0v) is 18.7. The number of nitrogens with zero attached hydrogens (tertiary/aromatic N) is 2. The van der Waals surface area contributed by atoms with Gasteiger partial charge in [0.1, 0.15) is 22.9 Å². The summed E-state index contributed by atoms with van der Waals surface area (Å²) in [7, 11) is 1.50. The van der Waals surface area contributed by atoms with Crippen LogP contribution in [0.5, 0.6) is 17.2 Å². The van der Waals surface area contributed by atoms with Crippen LogP contribution in [0.1, 0.15) is 10.5 Å². The van der Waals surface area contributed by atoms with Gasteiger partial charge in [0.15, 0.2) is 5.13 Å². The summed E-state index contributed by atoms with van der Waals surface area (Å²) < 4.78 is 47.5. The number of urea groups is 1. The molecule has 0 bridgehead atoms. The van der Waals surface area contributed by atoms with Crippen LogP contribution in [0, 0.1) is 0 Å². The number of rotatable bonds is 6. The molecule has 3 N–H and O–H groups in total. The van der Waals surface area contributed by atoms with E-state index in [-0.39, 0.29) is 22.4 Å². The molecule has 0 radical (unpaired) electrons. The molecule has 13 heteroatoms. The molecule has 0 fully saturated rings. The van der Waals surface area contributed by atoms with E-state index in [9.17, 15) is 22.8 Å². The van der Waals surface area contributed by atoms with Gasteiger partial charge in [-0.05, 0) is 30.3 Å². The van der Waals surface area contributed by atoms with Crippen molar-refractivity contribution in [3.63, 3.8) is 0 Å². The quantitative estimate of drug-likeness (QED) is 0.325. The molecule has 4 rings (SSSR count). The van der Waals surface area contributed by atoms with Gasteiger partial charge in [0.25, 0.3) is 5.91 Å². The van der Waals surface area contributed by atoms with Crippen LogP contribution in [-0.4, -0.2) is 35.3 Å². The maximum absolute atomic E-state index is 12.4. The van der Waals surface area contributed by atoms with Gasteiger partial charge < -0.3 is 20.1 Å². The molecule has 0 aliphatic rings. The van der Waals surface area contributed by atoms with Crippen molar-refractivity contribution in [1.82, 2.24) is 15.3 Å². The molecule has 0 saturated heterocycles. The summed E-state index contributed by atoms with van der Waals surface area (Å²) in [4.78, 5) is 32.3. The number of benzene rings is 2. The first-order valence-corrected chi connectivity index (χ1v) is 10.7. The first-order chi connectivity index (χ1) is 16.7. The van der Waals surface area contributed by atoms with E-state index in [0.717, 1.165) is 12.1 Å². The number of thiazole rings is 1. The van der Waals surface area contributed by atoms with Crippen LogP contribution in [0.4, 0.5) is 28.8 Å². The highest BCUT2D eigenvalue weighted by atomic mass is 32.1. The normalized spacial score (nSPS) is 11.1. The molecule has 35 heavy (non-hydrogen) atoms. The molecule has 2 aromatic carbocycles. The predicted octanol–water partition coefficient (Wildman–Crippen LogP) is 5.39. The van der Waals surface area contributed by atoms with Crippen LogP contribution >= 0.6 is 11.3 Å². The third kappa shape index (κ3) is 6.35. The van der Waals surface area contributed by atoms with Crippen LogP contribution in [0.2, 0.25) is 0 Å². The number of hydrogen-bond donors (Lipinski definition) is 3. The van der Waals surface area contributed by atoms with Gasteiger partial charge in [-0.3, -0.25) is 15.1 Å². The van der Waals surface area contributed by atoms with E-state index in [1.54, 1.807) is 24.3 Å². The lowest BCUT2D eigenvalue weighted by Crippen LogP contribution is -2.20. The van der Waals surface area contributed by atoms with Crippen molar-refractivity contribution < 1.29 is 32.2 Å². The number of halogens is 3. The first kappa shape index (κ1) is 23.8. The third-order valence-electron chi connectivity index (χ3n) is 4.33. The summed E-state index contributed by atoms with van der Waals surface area (Å²) >= 11 is 1.17. The van der Waals surface area contributed by atoms with Gasteiger partial charge in [-0.1, -0.05) is 17.4 Å².